The first-order chi connectivity index (χ1) is 30.4. The smallest absolute Gasteiger partial charge is 0.376 e. The number of aromatic amines is 1. The lowest BCUT2D eigenvalue weighted by Gasteiger charge is -2.33. The van der Waals surface area contributed by atoms with Crippen LogP contribution < -0.4 is 31.3 Å². The van der Waals surface area contributed by atoms with Crippen LogP contribution in [0.5, 0.6) is 0 Å². The number of rotatable bonds is 10. The number of aryl methyl sites for hydroxylation is 1. The van der Waals surface area contributed by atoms with Crippen molar-refractivity contribution >= 4 is 68.6 Å². The Morgan fingerprint density at radius 3 is 2.41 bits per heavy atom. The highest BCUT2D eigenvalue weighted by molar-refractivity contribution is 7.81. The Balaban J connectivity index is 0.885. The molecule has 8 rings (SSSR count). The summed E-state index contributed by atoms with van der Waals surface area (Å²) in [7, 11) is 1.72. The van der Waals surface area contributed by atoms with Crippen LogP contribution in [0.3, 0.4) is 0 Å². The van der Waals surface area contributed by atoms with E-state index in [-0.39, 0.29) is 52.7 Å². The number of alkyl halides is 3. The summed E-state index contributed by atoms with van der Waals surface area (Å²) < 4.78 is 72.9. The van der Waals surface area contributed by atoms with Gasteiger partial charge in [-0.2, -0.15) is 28.6 Å². The van der Waals surface area contributed by atoms with E-state index in [9.17, 15) is 42.0 Å². The first kappa shape index (κ1) is 43.1. The quantitative estimate of drug-likeness (QED) is 0.0659. The standard InChI is InChI=1S/C43H34F5N11O4S/c1-42(2)40(63)58(25-11-8-22(19-49)29(17-25)43(46,47)48)41(64)59(42)26-12-13-27(30(45)18-26)38(61)50-14-4-5-32(60)53-24-9-6-21(7-10-24)35-34(37-51-20-52-57(37)3)36-33-28(39(62)56-55-36)15-23(44)16-31(33)54-35/h6-13,15-18,20,34-35,54H,4-5,14H2,1-3H3,(H,50,61)(H,53,60)(H,56,62)/t34-,35?/m1/s1. The highest BCUT2D eigenvalue weighted by Crippen LogP contribution is 2.46. The number of hydrogen-bond acceptors (Lipinski definition) is 10. The second-order valence-electron chi connectivity index (χ2n) is 15.5. The summed E-state index contributed by atoms with van der Waals surface area (Å²) in [5.74, 6) is -3.43. The molecular weight excluding hydrogens is 862 g/mol. The second-order valence-corrected chi connectivity index (χ2v) is 15.9. The van der Waals surface area contributed by atoms with Gasteiger partial charge in [0.05, 0.1) is 51.5 Å². The fraction of sp³-hybridized carbons (Fsp3) is 0.233. The van der Waals surface area contributed by atoms with Crippen molar-refractivity contribution in [3.8, 4) is 6.07 Å². The molecule has 4 N–H and O–H groups in total. The lowest BCUT2D eigenvalue weighted by atomic mass is 9.83. The van der Waals surface area contributed by atoms with Crippen LogP contribution in [0.2, 0.25) is 0 Å². The number of nitriles is 1. The second kappa shape index (κ2) is 16.3. The number of nitrogens with one attached hydrogen (secondary N) is 4. The lowest BCUT2D eigenvalue weighted by Crippen LogP contribution is -2.44. The first-order valence-corrected chi connectivity index (χ1v) is 19.9. The molecule has 3 amide bonds. The highest BCUT2D eigenvalue weighted by atomic mass is 32.1. The van der Waals surface area contributed by atoms with E-state index in [1.807, 2.05) is 0 Å². The van der Waals surface area contributed by atoms with Crippen molar-refractivity contribution < 1.29 is 36.3 Å². The largest absolute Gasteiger partial charge is 0.417 e. The summed E-state index contributed by atoms with van der Waals surface area (Å²) in [6.07, 6.45) is -3.31. The fourth-order valence-electron chi connectivity index (χ4n) is 8.00. The van der Waals surface area contributed by atoms with Crippen molar-refractivity contribution in [1.29, 1.82) is 5.26 Å². The molecule has 2 aromatic heterocycles. The molecule has 326 valence electrons. The molecule has 64 heavy (non-hydrogen) atoms. The predicted octanol–water partition coefficient (Wildman–Crippen LogP) is 6.58. The summed E-state index contributed by atoms with van der Waals surface area (Å²) in [6.45, 7) is 2.92. The first-order valence-electron chi connectivity index (χ1n) is 19.5. The van der Waals surface area contributed by atoms with Gasteiger partial charge in [0.2, 0.25) is 5.91 Å². The summed E-state index contributed by atoms with van der Waals surface area (Å²) >= 11 is 5.52. The molecule has 0 aliphatic carbocycles. The molecule has 1 unspecified atom stereocenters. The maximum Gasteiger partial charge on any atom is 0.417 e. The number of carbonyl (C=O) groups excluding carboxylic acids is 3. The van der Waals surface area contributed by atoms with Gasteiger partial charge in [0.1, 0.15) is 29.3 Å². The Labute approximate surface area is 364 Å². The zero-order valence-electron chi connectivity index (χ0n) is 33.8. The van der Waals surface area contributed by atoms with Gasteiger partial charge in [0, 0.05) is 42.5 Å². The van der Waals surface area contributed by atoms with Crippen molar-refractivity contribution in [2.45, 2.75) is 50.4 Å². The number of aromatic nitrogens is 5. The van der Waals surface area contributed by atoms with Crippen molar-refractivity contribution in [3.63, 3.8) is 0 Å². The average molecular weight is 896 g/mol. The number of H-pyrrole nitrogens is 1. The maximum atomic E-state index is 15.5. The Bertz CT molecular complexity index is 3020. The molecule has 6 aromatic rings. The van der Waals surface area contributed by atoms with Crippen molar-refractivity contribution in [1.82, 2.24) is 30.3 Å². The number of anilines is 4. The van der Waals surface area contributed by atoms with E-state index in [0.717, 1.165) is 34.7 Å². The lowest BCUT2D eigenvalue weighted by molar-refractivity contribution is -0.137. The minimum Gasteiger partial charge on any atom is -0.376 e. The SMILES string of the molecule is Cn1ncnc1[C@H]1c2n[nH]c(=O)c3cc(F)cc(c23)NC1c1ccc(NC(=O)CCCNC(=O)c2ccc(N3C(=S)N(c4ccc(C#N)c(C(F)(F)F)c4)C(=O)C3(C)C)cc2F)cc1. The maximum absolute atomic E-state index is 15.5. The molecule has 0 bridgehead atoms. The summed E-state index contributed by atoms with van der Waals surface area (Å²) in [5.41, 5.74) is -2.36. The van der Waals surface area contributed by atoms with Gasteiger partial charge in [0.25, 0.3) is 17.4 Å². The molecule has 21 heteroatoms. The number of nitrogens with zero attached hydrogens (tertiary/aromatic N) is 7. The molecule has 0 saturated carbocycles. The van der Waals surface area contributed by atoms with E-state index < -0.39 is 63.8 Å². The van der Waals surface area contributed by atoms with Gasteiger partial charge < -0.3 is 20.9 Å². The molecule has 4 heterocycles. The molecule has 1 fully saturated rings. The minimum absolute atomic E-state index is 0.00614. The van der Waals surface area contributed by atoms with Gasteiger partial charge in [-0.1, -0.05) is 12.1 Å². The summed E-state index contributed by atoms with van der Waals surface area (Å²) in [6, 6.07) is 16.6. The molecule has 4 aromatic carbocycles. The zero-order valence-corrected chi connectivity index (χ0v) is 34.7. The highest BCUT2D eigenvalue weighted by Gasteiger charge is 2.51. The van der Waals surface area contributed by atoms with Crippen molar-refractivity contribution in [3.05, 3.63) is 135 Å². The van der Waals surface area contributed by atoms with Crippen LogP contribution in [0.4, 0.5) is 44.7 Å². The number of carbonyl (C=O) groups is 3. The van der Waals surface area contributed by atoms with Gasteiger partial charge in [-0.05, 0) is 98.7 Å². The molecule has 0 spiro atoms. The van der Waals surface area contributed by atoms with Crippen LogP contribution in [0.1, 0.15) is 77.2 Å². The van der Waals surface area contributed by atoms with Gasteiger partial charge in [0.15, 0.2) is 5.11 Å². The van der Waals surface area contributed by atoms with E-state index in [1.165, 1.54) is 49.3 Å². The minimum atomic E-state index is -4.89. The average Bonchev–Trinajstić information content (AvgIpc) is 3.75. The Kier molecular flexibility index (Phi) is 10.9. The molecule has 15 nitrogen and oxygen atoms in total. The summed E-state index contributed by atoms with van der Waals surface area (Å²) in [4.78, 5) is 58.6. The molecule has 2 atom stereocenters. The van der Waals surface area contributed by atoms with Crippen LogP contribution >= 0.6 is 12.2 Å². The zero-order chi connectivity index (χ0) is 45.8. The van der Waals surface area contributed by atoms with Crippen LogP contribution in [-0.2, 0) is 22.8 Å². The van der Waals surface area contributed by atoms with Crippen LogP contribution in [0.25, 0.3) is 10.8 Å². The molecule has 0 radical (unpaired) electrons. The Morgan fingerprint density at radius 2 is 1.73 bits per heavy atom. The fourth-order valence-corrected chi connectivity index (χ4v) is 8.52. The number of halogens is 5. The molecule has 1 saturated heterocycles. The number of amides is 3. The third kappa shape index (κ3) is 7.65. The van der Waals surface area contributed by atoms with Gasteiger partial charge >= 0.3 is 6.18 Å². The normalized spacial score (nSPS) is 16.7. The molecule has 2 aliphatic heterocycles. The van der Waals surface area contributed by atoms with Crippen molar-refractivity contribution in [2.75, 3.05) is 27.0 Å². The Hall–Kier alpha value is -7.60. The van der Waals surface area contributed by atoms with Gasteiger partial charge in [-0.15, -0.1) is 0 Å². The summed E-state index contributed by atoms with van der Waals surface area (Å²) in [5, 5.41) is 29.3. The van der Waals surface area contributed by atoms with Crippen LogP contribution in [0.15, 0.2) is 83.9 Å². The van der Waals surface area contributed by atoms with E-state index >= 15 is 4.39 Å². The number of benzene rings is 4. The number of thiocarbonyl (C=S) groups is 1. The van der Waals surface area contributed by atoms with Gasteiger partial charge in [-0.3, -0.25) is 28.8 Å². The van der Waals surface area contributed by atoms with Crippen LogP contribution in [-0.4, -0.2) is 59.9 Å². The van der Waals surface area contributed by atoms with E-state index in [4.69, 9.17) is 12.2 Å². The van der Waals surface area contributed by atoms with Gasteiger partial charge in [-0.25, -0.2) is 18.9 Å². The van der Waals surface area contributed by atoms with Crippen molar-refractivity contribution in [2.24, 2.45) is 7.05 Å². The monoisotopic (exact) mass is 895 g/mol. The molecule has 2 aliphatic rings. The number of hydrogen-bond donors (Lipinski definition) is 4. The third-order valence-electron chi connectivity index (χ3n) is 11.1. The van der Waals surface area contributed by atoms with E-state index in [1.54, 1.807) is 36.0 Å². The van der Waals surface area contributed by atoms with E-state index in [2.05, 4.69) is 36.2 Å². The topological polar surface area (TPSA) is 194 Å². The predicted molar refractivity (Wildman–Crippen MR) is 227 cm³/mol. The Morgan fingerprint density at radius 1 is 1.00 bits per heavy atom. The molecular formula is C43H34F5N11O4S. The van der Waals surface area contributed by atoms with Crippen LogP contribution in [0, 0.1) is 23.0 Å². The third-order valence-corrected chi connectivity index (χ3v) is 11.4. The van der Waals surface area contributed by atoms with E-state index in [0.29, 0.717) is 34.3 Å².